The van der Waals surface area contributed by atoms with E-state index in [1.165, 1.54) is 11.3 Å². The van der Waals surface area contributed by atoms with Gasteiger partial charge in [0.1, 0.15) is 0 Å². The Balaban J connectivity index is 2.00. The second-order valence-corrected chi connectivity index (χ2v) is 10.6. The minimum absolute atomic E-state index is 0.0161. The summed E-state index contributed by atoms with van der Waals surface area (Å²) in [5.74, 6) is -0.655. The van der Waals surface area contributed by atoms with E-state index >= 15 is 0 Å². The minimum Gasteiger partial charge on any atom is -0.393 e. The minimum atomic E-state index is -3.64. The van der Waals surface area contributed by atoms with E-state index in [9.17, 15) is 23.1 Å². The van der Waals surface area contributed by atoms with Gasteiger partial charge in [-0.05, 0) is 37.8 Å². The molecule has 0 spiro atoms. The molecule has 0 bridgehead atoms. The molecule has 3 atom stereocenters. The van der Waals surface area contributed by atoms with E-state index in [0.717, 1.165) is 43.2 Å². The highest BCUT2D eigenvalue weighted by molar-refractivity contribution is 7.89. The summed E-state index contributed by atoms with van der Waals surface area (Å²) in [5, 5.41) is 13.1. The van der Waals surface area contributed by atoms with Crippen molar-refractivity contribution in [1.29, 1.82) is 0 Å². The quantitative estimate of drug-likeness (QED) is 0.389. The molecule has 2 heterocycles. The summed E-state index contributed by atoms with van der Waals surface area (Å²) < 4.78 is 30.6. The number of ether oxygens (including phenoxy) is 1. The highest BCUT2D eigenvalue weighted by Crippen LogP contribution is 2.31. The Morgan fingerprint density at radius 3 is 2.73 bits per heavy atom. The molecule has 1 aromatic heterocycles. The van der Waals surface area contributed by atoms with E-state index in [2.05, 4.69) is 12.2 Å². The van der Waals surface area contributed by atoms with Gasteiger partial charge >= 0.3 is 0 Å². The Kier molecular flexibility index (Phi) is 9.73. The van der Waals surface area contributed by atoms with E-state index in [1.54, 1.807) is 12.1 Å². The zero-order valence-corrected chi connectivity index (χ0v) is 19.2. The van der Waals surface area contributed by atoms with Crippen molar-refractivity contribution in [3.05, 3.63) is 21.9 Å². The molecular weight excluding hydrogens is 428 g/mol. The number of aliphatic hydroxyl groups is 1. The van der Waals surface area contributed by atoms with Crippen LogP contribution in [-0.4, -0.2) is 50.3 Å². The van der Waals surface area contributed by atoms with Gasteiger partial charge in [-0.1, -0.05) is 26.2 Å². The van der Waals surface area contributed by atoms with E-state index in [1.807, 2.05) is 4.72 Å². The van der Waals surface area contributed by atoms with E-state index in [0.29, 0.717) is 25.9 Å². The number of hydrogen-bond donors (Lipinski definition) is 3. The molecule has 2 rings (SSSR count). The first-order valence-corrected chi connectivity index (χ1v) is 13.1. The monoisotopic (exact) mass is 460 g/mol. The number of carbonyl (C=O) groups is 2. The van der Waals surface area contributed by atoms with Crippen LogP contribution in [0.1, 0.15) is 78.9 Å². The Hall–Kier alpha value is -1.49. The van der Waals surface area contributed by atoms with Gasteiger partial charge in [-0.25, -0.2) is 13.1 Å². The van der Waals surface area contributed by atoms with Crippen molar-refractivity contribution in [3.8, 4) is 0 Å². The van der Waals surface area contributed by atoms with Gasteiger partial charge in [0.15, 0.2) is 0 Å². The fraction of sp³-hybridized carbons (Fsp3) is 0.700. The van der Waals surface area contributed by atoms with Crippen LogP contribution in [0.25, 0.3) is 0 Å². The average Bonchev–Trinajstić information content (AvgIpc) is 3.30. The van der Waals surface area contributed by atoms with Crippen LogP contribution >= 0.6 is 11.3 Å². The third-order valence-electron chi connectivity index (χ3n) is 4.93. The van der Waals surface area contributed by atoms with Crippen molar-refractivity contribution in [2.75, 3.05) is 12.9 Å². The van der Waals surface area contributed by atoms with Crippen molar-refractivity contribution >= 4 is 33.2 Å². The van der Waals surface area contributed by atoms with Gasteiger partial charge in [-0.15, -0.1) is 11.3 Å². The number of unbranched alkanes of at least 4 members (excludes halogenated alkanes) is 2. The van der Waals surface area contributed by atoms with Crippen LogP contribution in [0.3, 0.4) is 0 Å². The molecule has 3 N–H and O–H groups in total. The summed E-state index contributed by atoms with van der Waals surface area (Å²) in [4.78, 5) is 24.6. The lowest BCUT2D eigenvalue weighted by Crippen LogP contribution is -2.30. The zero-order chi connectivity index (χ0) is 22.1. The largest absolute Gasteiger partial charge is 0.393 e. The molecule has 10 heteroatoms. The maximum atomic E-state index is 12.1. The van der Waals surface area contributed by atoms with Crippen LogP contribution in [-0.2, 0) is 19.6 Å². The number of rotatable bonds is 13. The van der Waals surface area contributed by atoms with Crippen LogP contribution in [0.15, 0.2) is 12.1 Å². The Labute approximate surface area is 182 Å². The normalized spacial score (nSPS) is 18.8. The summed E-state index contributed by atoms with van der Waals surface area (Å²) in [6, 6.07) is 3.29. The van der Waals surface area contributed by atoms with Crippen LogP contribution in [0.2, 0.25) is 0 Å². The summed E-state index contributed by atoms with van der Waals surface area (Å²) >= 11 is 1.18. The predicted octanol–water partition coefficient (Wildman–Crippen LogP) is 2.50. The molecule has 1 fully saturated rings. The standard InChI is InChI=1S/C20H32N2O6S2/c1-3-4-5-6-15(23)8-9-16(28-13-14-7-12-19(24)21-14)17-10-11-18(29-17)20(25)22-30(2,26)27/h10-11,14-16,23H,3-9,12-13H2,1-2H3,(H,21,24)(H,22,25)/t14?,15?,16-/m1/s1. The molecule has 30 heavy (non-hydrogen) atoms. The van der Waals surface area contributed by atoms with Crippen molar-refractivity contribution in [2.24, 2.45) is 0 Å². The molecule has 1 aliphatic heterocycles. The SMILES string of the molecule is CCCCCC(O)CC[C@@H](OCC1CCC(=O)N1)c1ccc(C(=O)NS(C)(=O)=O)s1. The Morgan fingerprint density at radius 1 is 1.33 bits per heavy atom. The second-order valence-electron chi connectivity index (χ2n) is 7.76. The number of sulfonamides is 1. The molecule has 170 valence electrons. The van der Waals surface area contributed by atoms with Crippen molar-refractivity contribution in [2.45, 2.75) is 76.5 Å². The average molecular weight is 461 g/mol. The summed E-state index contributed by atoms with van der Waals surface area (Å²) in [7, 11) is -3.64. The first-order chi connectivity index (χ1) is 14.2. The lowest BCUT2D eigenvalue weighted by molar-refractivity contribution is -0.119. The predicted molar refractivity (Wildman–Crippen MR) is 116 cm³/mol. The zero-order valence-electron chi connectivity index (χ0n) is 17.6. The number of carbonyl (C=O) groups excluding carboxylic acids is 2. The number of thiophene rings is 1. The highest BCUT2D eigenvalue weighted by Gasteiger charge is 2.24. The van der Waals surface area contributed by atoms with Gasteiger partial charge in [0.25, 0.3) is 5.91 Å². The van der Waals surface area contributed by atoms with Crippen LogP contribution in [0, 0.1) is 0 Å². The van der Waals surface area contributed by atoms with E-state index in [-0.39, 0.29) is 22.9 Å². The highest BCUT2D eigenvalue weighted by atomic mass is 32.2. The first-order valence-electron chi connectivity index (χ1n) is 10.4. The molecule has 1 saturated heterocycles. The van der Waals surface area contributed by atoms with Crippen LogP contribution < -0.4 is 10.0 Å². The smallest absolute Gasteiger partial charge is 0.274 e. The lowest BCUT2D eigenvalue weighted by atomic mass is 10.0. The van der Waals surface area contributed by atoms with Gasteiger partial charge in [-0.3, -0.25) is 9.59 Å². The topological polar surface area (TPSA) is 122 Å². The second kappa shape index (κ2) is 11.8. The Bertz CT molecular complexity index is 808. The molecule has 2 amide bonds. The fourth-order valence-electron chi connectivity index (χ4n) is 3.33. The first kappa shape index (κ1) is 24.8. The van der Waals surface area contributed by atoms with E-state index < -0.39 is 22.0 Å². The van der Waals surface area contributed by atoms with Crippen molar-refractivity contribution < 1.29 is 27.9 Å². The van der Waals surface area contributed by atoms with Gasteiger partial charge in [0.2, 0.25) is 15.9 Å². The molecular formula is C20H32N2O6S2. The molecule has 1 aromatic rings. The molecule has 2 unspecified atom stereocenters. The molecule has 0 saturated carbocycles. The summed E-state index contributed by atoms with van der Waals surface area (Å²) in [6.07, 6.45) is 6.42. The molecule has 1 aliphatic rings. The maximum absolute atomic E-state index is 12.1. The molecule has 0 aliphatic carbocycles. The van der Waals surface area contributed by atoms with Gasteiger partial charge in [0, 0.05) is 11.3 Å². The fourth-order valence-corrected chi connectivity index (χ4v) is 4.83. The summed E-state index contributed by atoms with van der Waals surface area (Å²) in [6.45, 7) is 2.47. The molecule has 0 aromatic carbocycles. The van der Waals surface area contributed by atoms with Gasteiger partial charge in [-0.2, -0.15) is 0 Å². The van der Waals surface area contributed by atoms with E-state index in [4.69, 9.17) is 4.74 Å². The van der Waals surface area contributed by atoms with Crippen molar-refractivity contribution in [1.82, 2.24) is 10.0 Å². The maximum Gasteiger partial charge on any atom is 0.274 e. The third-order valence-corrected chi connectivity index (χ3v) is 6.66. The van der Waals surface area contributed by atoms with Gasteiger partial charge < -0.3 is 15.2 Å². The summed E-state index contributed by atoms with van der Waals surface area (Å²) in [5.41, 5.74) is 0. The molecule has 0 radical (unpaired) electrons. The van der Waals surface area contributed by atoms with Gasteiger partial charge in [0.05, 0.1) is 36.0 Å². The van der Waals surface area contributed by atoms with Crippen LogP contribution in [0.5, 0.6) is 0 Å². The lowest BCUT2D eigenvalue weighted by Gasteiger charge is -2.21. The van der Waals surface area contributed by atoms with Crippen LogP contribution in [0.4, 0.5) is 0 Å². The Morgan fingerprint density at radius 2 is 2.10 bits per heavy atom. The molecule has 8 nitrogen and oxygen atoms in total. The van der Waals surface area contributed by atoms with Crippen molar-refractivity contribution in [3.63, 3.8) is 0 Å². The number of amides is 2. The number of nitrogens with one attached hydrogen (secondary N) is 2. The number of hydrogen-bond acceptors (Lipinski definition) is 7. The number of aliphatic hydroxyl groups excluding tert-OH is 1. The third kappa shape index (κ3) is 8.71.